The van der Waals surface area contributed by atoms with E-state index in [0.717, 1.165) is 16.5 Å². The number of aryl methyl sites for hydroxylation is 1. The number of halogens is 1. The lowest BCUT2D eigenvalue weighted by atomic mass is 10.1. The third-order valence-corrected chi connectivity index (χ3v) is 3.47. The molecule has 0 unspecified atom stereocenters. The molecule has 0 saturated heterocycles. The molecule has 0 spiro atoms. The fourth-order valence-corrected chi connectivity index (χ4v) is 2.36. The van der Waals surface area contributed by atoms with Gasteiger partial charge in [0.2, 0.25) is 0 Å². The Labute approximate surface area is 126 Å². The van der Waals surface area contributed by atoms with Crippen LogP contribution in [0.25, 0.3) is 10.9 Å². The zero-order chi connectivity index (χ0) is 15.4. The number of H-pyrrole nitrogens is 1. The Balaban J connectivity index is 1.54. The van der Waals surface area contributed by atoms with Crippen LogP contribution in [0.5, 0.6) is 0 Å². The van der Waals surface area contributed by atoms with E-state index in [9.17, 15) is 9.18 Å². The van der Waals surface area contributed by atoms with Crippen molar-refractivity contribution in [1.82, 2.24) is 9.97 Å². The minimum absolute atomic E-state index is 0.252. The number of benzene rings is 1. The summed E-state index contributed by atoms with van der Waals surface area (Å²) in [6, 6.07) is 7.90. The number of carbonyl (C=O) groups is 1. The third kappa shape index (κ3) is 3.14. The molecule has 1 aromatic carbocycles. The van der Waals surface area contributed by atoms with Gasteiger partial charge >= 0.3 is 5.97 Å². The number of nitrogens with zero attached hydrogens (tertiary/aromatic N) is 1. The highest BCUT2D eigenvalue weighted by molar-refractivity contribution is 5.89. The first-order valence-electron chi connectivity index (χ1n) is 7.07. The van der Waals surface area contributed by atoms with Gasteiger partial charge in [-0.25, -0.2) is 9.18 Å². The number of pyridine rings is 1. The summed E-state index contributed by atoms with van der Waals surface area (Å²) in [5.74, 6) is -0.607. The van der Waals surface area contributed by atoms with E-state index in [1.165, 1.54) is 12.1 Å². The quantitative estimate of drug-likeness (QED) is 0.579. The first-order chi connectivity index (χ1) is 10.7. The van der Waals surface area contributed by atoms with Gasteiger partial charge in [0.1, 0.15) is 5.82 Å². The van der Waals surface area contributed by atoms with Gasteiger partial charge in [-0.3, -0.25) is 4.98 Å². The van der Waals surface area contributed by atoms with E-state index in [1.54, 1.807) is 30.6 Å². The summed E-state index contributed by atoms with van der Waals surface area (Å²) in [5.41, 5.74) is 2.42. The van der Waals surface area contributed by atoms with Crippen LogP contribution in [0, 0.1) is 5.82 Å². The number of hydrogen-bond donors (Lipinski definition) is 1. The van der Waals surface area contributed by atoms with E-state index in [2.05, 4.69) is 9.97 Å². The van der Waals surface area contributed by atoms with Gasteiger partial charge in [0, 0.05) is 29.5 Å². The number of rotatable bonds is 5. The molecule has 0 aliphatic heterocycles. The molecule has 0 amide bonds. The van der Waals surface area contributed by atoms with Crippen LogP contribution < -0.4 is 0 Å². The molecule has 3 aromatic rings. The fourth-order valence-electron chi connectivity index (χ4n) is 2.36. The Kier molecular flexibility index (Phi) is 4.14. The van der Waals surface area contributed by atoms with Crippen molar-refractivity contribution in [2.75, 3.05) is 6.61 Å². The highest BCUT2D eigenvalue weighted by Crippen LogP contribution is 2.20. The zero-order valence-corrected chi connectivity index (χ0v) is 11.9. The van der Waals surface area contributed by atoms with E-state index in [-0.39, 0.29) is 11.8 Å². The number of esters is 1. The molecule has 0 atom stereocenters. The number of nitrogens with one attached hydrogen (secondary N) is 1. The highest BCUT2D eigenvalue weighted by atomic mass is 19.1. The maximum atomic E-state index is 13.3. The number of aromatic amines is 1. The molecule has 2 aromatic heterocycles. The molecular weight excluding hydrogens is 283 g/mol. The molecule has 0 aliphatic carbocycles. The summed E-state index contributed by atoms with van der Waals surface area (Å²) in [6.45, 7) is 0.323. The van der Waals surface area contributed by atoms with Gasteiger partial charge in [0.05, 0.1) is 12.2 Å². The van der Waals surface area contributed by atoms with Gasteiger partial charge in [0.25, 0.3) is 0 Å². The second-order valence-electron chi connectivity index (χ2n) is 4.98. The summed E-state index contributed by atoms with van der Waals surface area (Å²) in [6.07, 6.45) is 6.37. The van der Waals surface area contributed by atoms with E-state index in [1.807, 2.05) is 6.20 Å². The smallest absolute Gasteiger partial charge is 0.338 e. The zero-order valence-electron chi connectivity index (χ0n) is 11.9. The van der Waals surface area contributed by atoms with Gasteiger partial charge in [-0.05, 0) is 48.7 Å². The average molecular weight is 298 g/mol. The van der Waals surface area contributed by atoms with Crippen molar-refractivity contribution in [3.63, 3.8) is 0 Å². The lowest BCUT2D eigenvalue weighted by Gasteiger charge is -2.04. The van der Waals surface area contributed by atoms with Crippen molar-refractivity contribution in [2.24, 2.45) is 0 Å². The van der Waals surface area contributed by atoms with Crippen molar-refractivity contribution in [3.05, 3.63) is 65.9 Å². The minimum atomic E-state index is -0.354. The molecule has 0 aliphatic rings. The molecule has 0 saturated carbocycles. The van der Waals surface area contributed by atoms with E-state index >= 15 is 0 Å². The number of ether oxygens (including phenoxy) is 1. The monoisotopic (exact) mass is 298 g/mol. The Morgan fingerprint density at radius 2 is 2.05 bits per heavy atom. The Bertz CT molecular complexity index is 784. The maximum Gasteiger partial charge on any atom is 0.338 e. The first kappa shape index (κ1) is 14.3. The maximum absolute atomic E-state index is 13.3. The van der Waals surface area contributed by atoms with Crippen LogP contribution in [0.3, 0.4) is 0 Å². The third-order valence-electron chi connectivity index (χ3n) is 3.47. The van der Waals surface area contributed by atoms with Crippen LogP contribution in [-0.2, 0) is 11.2 Å². The summed E-state index contributed by atoms with van der Waals surface area (Å²) in [4.78, 5) is 18.7. The molecule has 0 radical (unpaired) electrons. The van der Waals surface area contributed by atoms with Gasteiger partial charge < -0.3 is 9.72 Å². The van der Waals surface area contributed by atoms with Crippen LogP contribution in [0.2, 0.25) is 0 Å². The molecule has 5 heteroatoms. The number of carbonyl (C=O) groups excluding carboxylic acids is 1. The number of fused-ring (bicyclic) bond motifs is 1. The lowest BCUT2D eigenvalue weighted by molar-refractivity contribution is 0.0500. The van der Waals surface area contributed by atoms with Crippen LogP contribution in [0.1, 0.15) is 22.3 Å². The van der Waals surface area contributed by atoms with Crippen molar-refractivity contribution in [3.8, 4) is 0 Å². The average Bonchev–Trinajstić information content (AvgIpc) is 2.94. The summed E-state index contributed by atoms with van der Waals surface area (Å²) in [5, 5.41) is 0.875. The predicted molar refractivity (Wildman–Crippen MR) is 81.1 cm³/mol. The molecule has 22 heavy (non-hydrogen) atoms. The topological polar surface area (TPSA) is 55.0 Å². The molecule has 3 rings (SSSR count). The summed E-state index contributed by atoms with van der Waals surface area (Å²) >= 11 is 0. The molecule has 112 valence electrons. The lowest BCUT2D eigenvalue weighted by Crippen LogP contribution is -2.07. The first-order valence-corrected chi connectivity index (χ1v) is 7.07. The highest BCUT2D eigenvalue weighted by Gasteiger charge is 2.07. The molecule has 0 fully saturated rings. The van der Waals surface area contributed by atoms with Gasteiger partial charge in [-0.15, -0.1) is 0 Å². The standard InChI is InChI=1S/C17H15FN2O2/c18-14-3-4-16-15(10-14)13(11-20-16)2-1-9-22-17(21)12-5-7-19-8-6-12/h3-8,10-11,20H,1-2,9H2. The summed E-state index contributed by atoms with van der Waals surface area (Å²) in [7, 11) is 0. The predicted octanol–water partition coefficient (Wildman–Crippen LogP) is 3.49. The molecule has 1 N–H and O–H groups in total. The van der Waals surface area contributed by atoms with Crippen LogP contribution in [0.4, 0.5) is 4.39 Å². The SMILES string of the molecule is O=C(OCCCc1c[nH]c2ccc(F)cc12)c1ccncc1. The Morgan fingerprint density at radius 1 is 1.23 bits per heavy atom. The van der Waals surface area contributed by atoms with Gasteiger partial charge in [-0.2, -0.15) is 0 Å². The van der Waals surface area contributed by atoms with E-state index < -0.39 is 0 Å². The number of aromatic nitrogens is 2. The van der Waals surface area contributed by atoms with Crippen LogP contribution in [-0.4, -0.2) is 22.5 Å². The minimum Gasteiger partial charge on any atom is -0.462 e. The molecule has 0 bridgehead atoms. The van der Waals surface area contributed by atoms with Crippen LogP contribution in [0.15, 0.2) is 48.9 Å². The second-order valence-corrected chi connectivity index (χ2v) is 4.98. The number of hydrogen-bond acceptors (Lipinski definition) is 3. The Morgan fingerprint density at radius 3 is 2.86 bits per heavy atom. The molecular formula is C17H15FN2O2. The van der Waals surface area contributed by atoms with Crippen molar-refractivity contribution < 1.29 is 13.9 Å². The Hall–Kier alpha value is -2.69. The van der Waals surface area contributed by atoms with E-state index in [4.69, 9.17) is 4.74 Å². The molecule has 4 nitrogen and oxygen atoms in total. The van der Waals surface area contributed by atoms with Gasteiger partial charge in [0.15, 0.2) is 0 Å². The fraction of sp³-hybridized carbons (Fsp3) is 0.176. The van der Waals surface area contributed by atoms with Gasteiger partial charge in [-0.1, -0.05) is 0 Å². The van der Waals surface area contributed by atoms with Crippen molar-refractivity contribution >= 4 is 16.9 Å². The van der Waals surface area contributed by atoms with Crippen LogP contribution >= 0.6 is 0 Å². The van der Waals surface area contributed by atoms with Crippen molar-refractivity contribution in [1.29, 1.82) is 0 Å². The second kappa shape index (κ2) is 6.39. The largest absolute Gasteiger partial charge is 0.462 e. The van der Waals surface area contributed by atoms with E-state index in [0.29, 0.717) is 25.0 Å². The van der Waals surface area contributed by atoms with Crippen molar-refractivity contribution in [2.45, 2.75) is 12.8 Å². The molecule has 2 heterocycles. The normalized spacial score (nSPS) is 10.8. The summed E-state index contributed by atoms with van der Waals surface area (Å²) < 4.78 is 18.5.